The van der Waals surface area contributed by atoms with Gasteiger partial charge in [0.15, 0.2) is 18.1 Å². The Morgan fingerprint density at radius 1 is 1.26 bits per heavy atom. The maximum Gasteiger partial charge on any atom is 0.277 e. The number of rotatable bonds is 8. The molecule has 0 aromatic heterocycles. The summed E-state index contributed by atoms with van der Waals surface area (Å²) in [6.07, 6.45) is 1.46. The highest BCUT2D eigenvalue weighted by Crippen LogP contribution is 2.25. The highest BCUT2D eigenvalue weighted by molar-refractivity contribution is 9.10. The molecular formula is C19H22BrN3O4. The molecule has 1 amide bonds. The van der Waals surface area contributed by atoms with E-state index in [-0.39, 0.29) is 18.3 Å². The number of hydrazone groups is 1. The Kier molecular flexibility index (Phi) is 7.63. The summed E-state index contributed by atoms with van der Waals surface area (Å²) < 4.78 is 11.6. The first-order valence-corrected chi connectivity index (χ1v) is 8.93. The standard InChI is InChI=1S/C19H22BrN3O4/c1-23(2)11-14-9-15(20)5-7-17(14)27-12-19(25)22-21-10-13-4-6-16(24)18(8-13)26-3/h4-10,24H,11-12H2,1-3H3,(H,22,25)/b21-10+. The molecule has 8 heteroatoms. The van der Waals surface area contributed by atoms with Gasteiger partial charge in [-0.2, -0.15) is 5.10 Å². The average Bonchev–Trinajstić information content (AvgIpc) is 2.62. The van der Waals surface area contributed by atoms with Gasteiger partial charge in [-0.25, -0.2) is 5.43 Å². The number of benzene rings is 2. The predicted molar refractivity (Wildman–Crippen MR) is 107 cm³/mol. The number of ether oxygens (including phenoxy) is 2. The summed E-state index contributed by atoms with van der Waals surface area (Å²) >= 11 is 3.44. The Bertz CT molecular complexity index is 825. The van der Waals surface area contributed by atoms with Gasteiger partial charge in [-0.05, 0) is 56.1 Å². The molecule has 0 unspecified atom stereocenters. The number of carbonyl (C=O) groups excluding carboxylic acids is 1. The number of nitrogens with zero attached hydrogens (tertiary/aromatic N) is 2. The number of halogens is 1. The second-order valence-electron chi connectivity index (χ2n) is 6.00. The van der Waals surface area contributed by atoms with E-state index in [2.05, 4.69) is 26.5 Å². The summed E-state index contributed by atoms with van der Waals surface area (Å²) in [6, 6.07) is 10.4. The Morgan fingerprint density at radius 2 is 2.04 bits per heavy atom. The van der Waals surface area contributed by atoms with E-state index in [4.69, 9.17) is 9.47 Å². The second-order valence-corrected chi connectivity index (χ2v) is 6.92. The van der Waals surface area contributed by atoms with Crippen molar-refractivity contribution in [1.29, 1.82) is 0 Å². The van der Waals surface area contributed by atoms with Crippen molar-refractivity contribution in [2.75, 3.05) is 27.8 Å². The molecule has 0 aliphatic heterocycles. The molecule has 144 valence electrons. The van der Waals surface area contributed by atoms with Gasteiger partial charge in [0.2, 0.25) is 0 Å². The van der Waals surface area contributed by atoms with E-state index in [9.17, 15) is 9.90 Å². The first-order valence-electron chi connectivity index (χ1n) is 8.14. The van der Waals surface area contributed by atoms with Crippen LogP contribution >= 0.6 is 15.9 Å². The van der Waals surface area contributed by atoms with Crippen LogP contribution in [0.15, 0.2) is 46.0 Å². The van der Waals surface area contributed by atoms with Crippen molar-refractivity contribution in [3.8, 4) is 17.2 Å². The largest absolute Gasteiger partial charge is 0.504 e. The Morgan fingerprint density at radius 3 is 2.74 bits per heavy atom. The number of phenols is 1. The molecule has 2 aromatic rings. The molecule has 7 nitrogen and oxygen atoms in total. The summed E-state index contributed by atoms with van der Waals surface area (Å²) in [4.78, 5) is 14.0. The Balaban J connectivity index is 1.91. The fourth-order valence-electron chi connectivity index (χ4n) is 2.28. The Hall–Kier alpha value is -2.58. The third-order valence-electron chi connectivity index (χ3n) is 3.47. The SMILES string of the molecule is COc1cc(/C=N/NC(=O)COc2ccc(Br)cc2CN(C)C)ccc1O. The van der Waals surface area contributed by atoms with Crippen LogP contribution in [-0.4, -0.2) is 49.9 Å². The lowest BCUT2D eigenvalue weighted by Crippen LogP contribution is -2.25. The minimum Gasteiger partial charge on any atom is -0.504 e. The molecule has 0 radical (unpaired) electrons. The van der Waals surface area contributed by atoms with Gasteiger partial charge in [-0.3, -0.25) is 4.79 Å². The van der Waals surface area contributed by atoms with Crippen molar-refractivity contribution in [2.45, 2.75) is 6.54 Å². The monoisotopic (exact) mass is 435 g/mol. The van der Waals surface area contributed by atoms with Gasteiger partial charge < -0.3 is 19.5 Å². The molecule has 0 saturated heterocycles. The molecule has 0 saturated carbocycles. The van der Waals surface area contributed by atoms with E-state index in [1.807, 2.05) is 37.2 Å². The Labute approximate surface area is 166 Å². The van der Waals surface area contributed by atoms with Crippen LogP contribution in [-0.2, 0) is 11.3 Å². The molecule has 0 spiro atoms. The van der Waals surface area contributed by atoms with Gasteiger partial charge in [0.05, 0.1) is 13.3 Å². The zero-order valence-electron chi connectivity index (χ0n) is 15.4. The third-order valence-corrected chi connectivity index (χ3v) is 3.97. The number of methoxy groups -OCH3 is 1. The topological polar surface area (TPSA) is 83.4 Å². The summed E-state index contributed by atoms with van der Waals surface area (Å²) in [5, 5.41) is 13.4. The summed E-state index contributed by atoms with van der Waals surface area (Å²) in [5.41, 5.74) is 4.05. The fraction of sp³-hybridized carbons (Fsp3) is 0.263. The maximum absolute atomic E-state index is 12.0. The van der Waals surface area contributed by atoms with E-state index in [1.165, 1.54) is 19.4 Å². The van der Waals surface area contributed by atoms with Crippen LogP contribution < -0.4 is 14.9 Å². The number of hydrogen-bond acceptors (Lipinski definition) is 6. The van der Waals surface area contributed by atoms with Gasteiger partial charge in [-0.15, -0.1) is 0 Å². The zero-order chi connectivity index (χ0) is 19.8. The van der Waals surface area contributed by atoms with Crippen molar-refractivity contribution in [3.05, 3.63) is 52.0 Å². The molecule has 0 bridgehead atoms. The molecule has 2 aromatic carbocycles. The van der Waals surface area contributed by atoms with Gasteiger partial charge in [-0.1, -0.05) is 15.9 Å². The number of phenolic OH excluding ortho intramolecular Hbond substituents is 1. The van der Waals surface area contributed by atoms with E-state index in [0.29, 0.717) is 23.6 Å². The molecule has 0 aliphatic rings. The van der Waals surface area contributed by atoms with E-state index >= 15 is 0 Å². The smallest absolute Gasteiger partial charge is 0.277 e. The fourth-order valence-corrected chi connectivity index (χ4v) is 2.69. The number of nitrogens with one attached hydrogen (secondary N) is 1. The van der Waals surface area contributed by atoms with E-state index in [0.717, 1.165) is 10.0 Å². The number of amides is 1. The third kappa shape index (κ3) is 6.58. The van der Waals surface area contributed by atoms with Crippen LogP contribution in [0.25, 0.3) is 0 Å². The molecular weight excluding hydrogens is 414 g/mol. The normalized spacial score (nSPS) is 11.0. The molecule has 0 fully saturated rings. The predicted octanol–water partition coefficient (Wildman–Crippen LogP) is 2.75. The summed E-state index contributed by atoms with van der Waals surface area (Å²) in [5.74, 6) is 0.636. The van der Waals surface area contributed by atoms with Crippen molar-refractivity contribution in [3.63, 3.8) is 0 Å². The highest BCUT2D eigenvalue weighted by atomic mass is 79.9. The van der Waals surface area contributed by atoms with Gasteiger partial charge in [0.1, 0.15) is 5.75 Å². The number of carbonyl (C=O) groups is 1. The van der Waals surface area contributed by atoms with Crippen molar-refractivity contribution in [1.82, 2.24) is 10.3 Å². The lowest BCUT2D eigenvalue weighted by Gasteiger charge is -2.15. The molecule has 0 aliphatic carbocycles. The van der Waals surface area contributed by atoms with Crippen LogP contribution in [0, 0.1) is 0 Å². The van der Waals surface area contributed by atoms with Crippen molar-refractivity contribution >= 4 is 28.1 Å². The first-order chi connectivity index (χ1) is 12.9. The summed E-state index contributed by atoms with van der Waals surface area (Å²) in [6.45, 7) is 0.537. The molecule has 2 rings (SSSR count). The lowest BCUT2D eigenvalue weighted by molar-refractivity contribution is -0.123. The van der Waals surface area contributed by atoms with E-state index < -0.39 is 0 Å². The van der Waals surface area contributed by atoms with Crippen LogP contribution in [0.1, 0.15) is 11.1 Å². The van der Waals surface area contributed by atoms with Crippen LogP contribution in [0.2, 0.25) is 0 Å². The molecule has 0 heterocycles. The van der Waals surface area contributed by atoms with Gasteiger partial charge in [0.25, 0.3) is 5.91 Å². The van der Waals surface area contributed by atoms with Crippen LogP contribution in [0.5, 0.6) is 17.2 Å². The molecule has 0 atom stereocenters. The zero-order valence-corrected chi connectivity index (χ0v) is 17.0. The quantitative estimate of drug-likeness (QED) is 0.491. The highest BCUT2D eigenvalue weighted by Gasteiger charge is 2.08. The van der Waals surface area contributed by atoms with Crippen molar-refractivity contribution in [2.24, 2.45) is 5.10 Å². The van der Waals surface area contributed by atoms with Gasteiger partial charge in [0, 0.05) is 16.6 Å². The maximum atomic E-state index is 12.0. The number of aromatic hydroxyl groups is 1. The molecule has 2 N–H and O–H groups in total. The van der Waals surface area contributed by atoms with E-state index in [1.54, 1.807) is 12.1 Å². The minimum atomic E-state index is -0.379. The molecule has 27 heavy (non-hydrogen) atoms. The van der Waals surface area contributed by atoms with Crippen LogP contribution in [0.4, 0.5) is 0 Å². The van der Waals surface area contributed by atoms with Crippen molar-refractivity contribution < 1.29 is 19.4 Å². The average molecular weight is 436 g/mol. The van der Waals surface area contributed by atoms with Gasteiger partial charge >= 0.3 is 0 Å². The lowest BCUT2D eigenvalue weighted by atomic mass is 10.2. The summed E-state index contributed by atoms with van der Waals surface area (Å²) in [7, 11) is 5.39. The first kappa shape index (κ1) is 20.7. The minimum absolute atomic E-state index is 0.0371. The number of hydrogen-bond donors (Lipinski definition) is 2. The van der Waals surface area contributed by atoms with Crippen LogP contribution in [0.3, 0.4) is 0 Å². The second kappa shape index (κ2) is 9.94.